The van der Waals surface area contributed by atoms with Gasteiger partial charge in [0.2, 0.25) is 0 Å². The van der Waals surface area contributed by atoms with Gasteiger partial charge < -0.3 is 0 Å². The number of hydrogen-bond donors (Lipinski definition) is 0. The molecule has 122 valence electrons. The van der Waals surface area contributed by atoms with Crippen molar-refractivity contribution < 1.29 is 8.42 Å². The van der Waals surface area contributed by atoms with Crippen LogP contribution in [0.1, 0.15) is 45.4 Å². The maximum atomic E-state index is 13.3. The van der Waals surface area contributed by atoms with E-state index in [9.17, 15) is 8.42 Å². The van der Waals surface area contributed by atoms with Gasteiger partial charge in [0.05, 0.1) is 10.1 Å². The van der Waals surface area contributed by atoms with Gasteiger partial charge in [-0.1, -0.05) is 44.4 Å². The van der Waals surface area contributed by atoms with E-state index in [1.807, 2.05) is 18.2 Å². The zero-order chi connectivity index (χ0) is 15.8. The summed E-state index contributed by atoms with van der Waals surface area (Å²) in [6.45, 7) is 2.21. The van der Waals surface area contributed by atoms with Crippen molar-refractivity contribution in [1.29, 1.82) is 0 Å². The first-order chi connectivity index (χ1) is 10.6. The van der Waals surface area contributed by atoms with Crippen molar-refractivity contribution in [2.24, 2.45) is 11.3 Å². The lowest BCUT2D eigenvalue weighted by atomic mass is 9.95. The summed E-state index contributed by atoms with van der Waals surface area (Å²) in [6, 6.07) is 9.09. The van der Waals surface area contributed by atoms with Crippen LogP contribution in [0, 0.1) is 11.3 Å². The summed E-state index contributed by atoms with van der Waals surface area (Å²) in [5.41, 5.74) is 0.0809. The third kappa shape index (κ3) is 2.62. The minimum absolute atomic E-state index is 0.0809. The number of hydrogen-bond acceptors (Lipinski definition) is 3. The summed E-state index contributed by atoms with van der Waals surface area (Å²) < 4.78 is 26.5. The molecule has 0 aliphatic heterocycles. The molecule has 4 heteroatoms. The highest BCUT2D eigenvalue weighted by molar-refractivity contribution is 8.01. The van der Waals surface area contributed by atoms with Crippen LogP contribution in [0.15, 0.2) is 35.2 Å². The number of thioether (sulfide) groups is 1. The molecule has 1 aromatic carbocycles. The second kappa shape index (κ2) is 6.20. The predicted molar refractivity (Wildman–Crippen MR) is 94.0 cm³/mol. The van der Waals surface area contributed by atoms with Crippen molar-refractivity contribution in [3.05, 3.63) is 30.3 Å². The van der Waals surface area contributed by atoms with Gasteiger partial charge in [0.1, 0.15) is 0 Å². The first-order valence-electron chi connectivity index (χ1n) is 8.38. The fraction of sp³-hybridized carbons (Fsp3) is 0.667. The Balaban J connectivity index is 1.91. The predicted octanol–water partition coefficient (Wildman–Crippen LogP) is 4.55. The molecule has 0 radical (unpaired) electrons. The van der Waals surface area contributed by atoms with E-state index in [-0.39, 0.29) is 15.9 Å². The molecule has 22 heavy (non-hydrogen) atoms. The largest absolute Gasteiger partial charge is 0.223 e. The van der Waals surface area contributed by atoms with E-state index in [0.29, 0.717) is 10.8 Å². The van der Waals surface area contributed by atoms with Crippen LogP contribution in [0.4, 0.5) is 0 Å². The Labute approximate surface area is 139 Å². The molecule has 4 atom stereocenters. The van der Waals surface area contributed by atoms with Gasteiger partial charge >= 0.3 is 0 Å². The summed E-state index contributed by atoms with van der Waals surface area (Å²) >= 11 is 1.75. The quantitative estimate of drug-likeness (QED) is 0.684. The van der Waals surface area contributed by atoms with Crippen molar-refractivity contribution in [2.75, 3.05) is 6.26 Å². The third-order valence-electron chi connectivity index (χ3n) is 5.66. The molecule has 4 unspecified atom stereocenters. The average Bonchev–Trinajstić information content (AvgIpc) is 3.11. The Morgan fingerprint density at radius 1 is 1.23 bits per heavy atom. The van der Waals surface area contributed by atoms with Gasteiger partial charge in [-0.2, -0.15) is 11.8 Å². The minimum Gasteiger partial charge on any atom is -0.223 e. The highest BCUT2D eigenvalue weighted by Gasteiger charge is 2.69. The van der Waals surface area contributed by atoms with Gasteiger partial charge in [0.15, 0.2) is 9.84 Å². The van der Waals surface area contributed by atoms with Gasteiger partial charge in [0, 0.05) is 5.25 Å². The number of benzene rings is 1. The average molecular weight is 339 g/mol. The molecular formula is C18H26O2S2. The minimum atomic E-state index is -3.22. The number of fused-ring (bicyclic) bond motifs is 1. The molecule has 2 aliphatic rings. The number of rotatable bonds is 7. The standard InChI is InChI=1S/C18H26O2S2/c1-3-4-8-11-18-13-14(18)12-16(21-2)17(18)22(19,20)15-9-6-5-7-10-15/h5-7,9-10,14,16-17H,3-4,8,11-13H2,1-2H3. The topological polar surface area (TPSA) is 34.1 Å². The second-order valence-corrected chi connectivity index (χ2v) is 10.0. The third-order valence-corrected chi connectivity index (χ3v) is 9.29. The molecule has 0 bridgehead atoms. The van der Waals surface area contributed by atoms with E-state index in [4.69, 9.17) is 0 Å². The molecule has 2 nitrogen and oxygen atoms in total. The Bertz CT molecular complexity index is 611. The lowest BCUT2D eigenvalue weighted by Gasteiger charge is -2.28. The van der Waals surface area contributed by atoms with E-state index >= 15 is 0 Å². The van der Waals surface area contributed by atoms with Gasteiger partial charge in [-0.15, -0.1) is 0 Å². The molecule has 0 amide bonds. The number of unbranched alkanes of at least 4 members (excludes halogenated alkanes) is 2. The molecule has 2 aliphatic carbocycles. The maximum absolute atomic E-state index is 13.3. The van der Waals surface area contributed by atoms with E-state index in [0.717, 1.165) is 19.3 Å². The van der Waals surface area contributed by atoms with Gasteiger partial charge in [-0.05, 0) is 49.0 Å². The molecule has 1 aromatic rings. The van der Waals surface area contributed by atoms with Crippen molar-refractivity contribution >= 4 is 21.6 Å². The summed E-state index contributed by atoms with van der Waals surface area (Å²) in [7, 11) is -3.22. The van der Waals surface area contributed by atoms with Crippen LogP contribution in [0.2, 0.25) is 0 Å². The zero-order valence-corrected chi connectivity index (χ0v) is 15.1. The van der Waals surface area contributed by atoms with Crippen LogP contribution in [0.25, 0.3) is 0 Å². The number of sulfone groups is 1. The second-order valence-electron chi connectivity index (χ2n) is 6.88. The van der Waals surface area contributed by atoms with Gasteiger partial charge in [-0.25, -0.2) is 8.42 Å². The van der Waals surface area contributed by atoms with E-state index in [2.05, 4.69) is 13.2 Å². The van der Waals surface area contributed by atoms with Crippen molar-refractivity contribution in [3.63, 3.8) is 0 Å². The van der Waals surface area contributed by atoms with Crippen LogP contribution in [-0.2, 0) is 9.84 Å². The Kier molecular flexibility index (Phi) is 4.61. The van der Waals surface area contributed by atoms with Crippen LogP contribution < -0.4 is 0 Å². The summed E-state index contributed by atoms with van der Waals surface area (Å²) in [4.78, 5) is 0.515. The van der Waals surface area contributed by atoms with Crippen molar-refractivity contribution in [1.82, 2.24) is 0 Å². The van der Waals surface area contributed by atoms with Crippen LogP contribution >= 0.6 is 11.8 Å². The zero-order valence-electron chi connectivity index (χ0n) is 13.5. The lowest BCUT2D eigenvalue weighted by molar-refractivity contribution is 0.416. The lowest BCUT2D eigenvalue weighted by Crippen LogP contribution is -2.36. The molecule has 0 saturated heterocycles. The molecule has 2 saturated carbocycles. The summed E-state index contributed by atoms with van der Waals surface area (Å²) in [6.07, 6.45) is 8.98. The normalized spacial score (nSPS) is 33.6. The van der Waals surface area contributed by atoms with Crippen molar-refractivity contribution in [3.8, 4) is 0 Å². The Morgan fingerprint density at radius 3 is 2.59 bits per heavy atom. The first-order valence-corrected chi connectivity index (χ1v) is 11.2. The molecule has 0 spiro atoms. The highest BCUT2D eigenvalue weighted by Crippen LogP contribution is 2.70. The van der Waals surface area contributed by atoms with E-state index < -0.39 is 9.84 Å². The monoisotopic (exact) mass is 338 g/mol. The van der Waals surface area contributed by atoms with Gasteiger partial charge in [-0.3, -0.25) is 0 Å². The SMILES string of the molecule is CCCCCC12CC1CC(SC)C2S(=O)(=O)c1ccccc1. The van der Waals surface area contributed by atoms with Crippen molar-refractivity contribution in [2.45, 2.75) is 60.8 Å². The highest BCUT2D eigenvalue weighted by atomic mass is 32.2. The fourth-order valence-electron chi connectivity index (χ4n) is 4.48. The van der Waals surface area contributed by atoms with Crippen LogP contribution in [0.5, 0.6) is 0 Å². The first kappa shape index (κ1) is 16.4. The molecule has 0 N–H and O–H groups in total. The van der Waals surface area contributed by atoms with Crippen LogP contribution in [0.3, 0.4) is 0 Å². The van der Waals surface area contributed by atoms with E-state index in [1.54, 1.807) is 23.9 Å². The Hall–Kier alpha value is -0.480. The summed E-state index contributed by atoms with van der Waals surface area (Å²) in [5.74, 6) is 0.644. The van der Waals surface area contributed by atoms with E-state index in [1.165, 1.54) is 19.3 Å². The molecule has 2 fully saturated rings. The Morgan fingerprint density at radius 2 is 1.95 bits per heavy atom. The smallest absolute Gasteiger partial charge is 0.182 e. The molecule has 3 rings (SSSR count). The molecule has 0 aromatic heterocycles. The fourth-order valence-corrected chi connectivity index (χ4v) is 8.56. The van der Waals surface area contributed by atoms with Crippen LogP contribution in [-0.4, -0.2) is 25.2 Å². The maximum Gasteiger partial charge on any atom is 0.182 e. The van der Waals surface area contributed by atoms with Gasteiger partial charge in [0.25, 0.3) is 0 Å². The summed E-state index contributed by atoms with van der Waals surface area (Å²) in [5, 5.41) is 0.0878. The molecular weight excluding hydrogens is 312 g/mol. The molecule has 0 heterocycles.